The Morgan fingerprint density at radius 1 is 0.210 bits per heavy atom. The summed E-state index contributed by atoms with van der Waals surface area (Å²) in [6.45, 7) is 11.5. The fraction of sp³-hybridized carbons (Fsp3) is 0.0862. The molecule has 0 saturated carbocycles. The number of nitrogens with zero attached hydrogens (tertiary/aromatic N) is 8. The third kappa shape index (κ3) is 10.8. The Hall–Kier alpha value is -15.4. The molecule has 22 aromatic rings. The van der Waals surface area contributed by atoms with Crippen molar-refractivity contribution in [1.82, 2.24) is 28.2 Å². The molecule has 0 bridgehead atoms. The smallest absolute Gasteiger partial charge is 0.0786 e. The fourth-order valence-corrected chi connectivity index (χ4v) is 21.7. The second-order valence-corrected chi connectivity index (χ2v) is 35.2. The summed E-state index contributed by atoms with van der Waals surface area (Å²) >= 11 is 0. The van der Waals surface area contributed by atoms with Crippen LogP contribution in [0.4, 0.5) is 22.7 Å². The van der Waals surface area contributed by atoms with Crippen molar-refractivity contribution in [2.75, 3.05) is 22.9 Å². The Balaban J connectivity index is 0.000000136. The molecule has 16 aromatic carbocycles. The molecule has 2 aliphatic heterocycles. The lowest BCUT2D eigenvalue weighted by atomic mass is 9.74. The zero-order chi connectivity index (χ0) is 82.2. The van der Waals surface area contributed by atoms with E-state index in [1.807, 2.05) is 12.4 Å². The van der Waals surface area contributed by atoms with Gasteiger partial charge in [-0.3, -0.25) is 9.97 Å². The molecule has 0 atom stereocenters. The molecule has 2 aliphatic carbocycles. The summed E-state index contributed by atoms with van der Waals surface area (Å²) in [5, 5.41) is 10.0. The Labute approximate surface area is 719 Å². The summed E-state index contributed by atoms with van der Waals surface area (Å²) in [7, 11) is 0. The van der Waals surface area contributed by atoms with Crippen LogP contribution in [-0.2, 0) is 10.8 Å². The van der Waals surface area contributed by atoms with Crippen LogP contribution < -0.4 is 9.80 Å². The quantitative estimate of drug-likeness (QED) is 0.166. The normalized spacial score (nSPS) is 13.9. The van der Waals surface area contributed by atoms with E-state index in [1.165, 1.54) is 182 Å². The number of anilines is 4. The van der Waals surface area contributed by atoms with Gasteiger partial charge in [-0.25, -0.2) is 0 Å². The Bertz CT molecular complexity index is 8050. The van der Waals surface area contributed by atoms with Crippen molar-refractivity contribution in [3.05, 3.63) is 400 Å². The van der Waals surface area contributed by atoms with Gasteiger partial charge in [0.15, 0.2) is 0 Å². The van der Waals surface area contributed by atoms with E-state index in [-0.39, 0.29) is 10.8 Å². The van der Waals surface area contributed by atoms with Crippen LogP contribution in [0, 0.1) is 0 Å². The third-order valence-corrected chi connectivity index (χ3v) is 27.6. The van der Waals surface area contributed by atoms with Crippen molar-refractivity contribution in [2.45, 2.75) is 51.4 Å². The molecule has 0 saturated heterocycles. The summed E-state index contributed by atoms with van der Waals surface area (Å²) in [5.74, 6) is 0. The van der Waals surface area contributed by atoms with E-state index in [1.54, 1.807) is 0 Å². The van der Waals surface area contributed by atoms with Gasteiger partial charge < -0.3 is 28.1 Å². The number of rotatable bonds is 6. The first kappa shape index (κ1) is 71.5. The zero-order valence-corrected chi connectivity index (χ0v) is 69.4. The van der Waals surface area contributed by atoms with E-state index < -0.39 is 0 Å². The Kier molecular flexibility index (Phi) is 15.9. The van der Waals surface area contributed by atoms with Crippen molar-refractivity contribution in [2.24, 2.45) is 0 Å². The van der Waals surface area contributed by atoms with Gasteiger partial charge in [0.25, 0.3) is 0 Å². The van der Waals surface area contributed by atoms with Gasteiger partial charge in [0, 0.05) is 136 Å². The first-order valence-corrected chi connectivity index (χ1v) is 43.5. The first-order chi connectivity index (χ1) is 61.0. The van der Waals surface area contributed by atoms with Crippen LogP contribution in [0.2, 0.25) is 0 Å². The molecule has 0 fully saturated rings. The van der Waals surface area contributed by atoms with E-state index in [0.717, 1.165) is 76.8 Å². The molecule has 0 radical (unpaired) electrons. The summed E-state index contributed by atoms with van der Waals surface area (Å²) in [5.41, 5.74) is 40.4. The van der Waals surface area contributed by atoms with Crippen LogP contribution in [-0.4, -0.2) is 41.3 Å². The third-order valence-electron chi connectivity index (χ3n) is 27.6. The number of para-hydroxylation sites is 9. The molecule has 6 aromatic heterocycles. The van der Waals surface area contributed by atoms with E-state index in [4.69, 9.17) is 9.97 Å². The minimum Gasteiger partial charge on any atom is -0.341 e. The van der Waals surface area contributed by atoms with Gasteiger partial charge >= 0.3 is 0 Å². The standard InChI is InChI=1S/2C58H42N4/c1-58(2)30-32-60(37-15-4-3-5-16-37)56-36-49-48-34-39(62-54-24-12-8-19-44(54)45-20-9-13-25-55(45)62)27-29-41(48)40-28-26-38(33-47(40)46-21-14-31-59-57(46)50(49)35-51(56)58)61-52-22-10-6-17-42(52)43-18-7-11-23-53(43)61;1-58(2)31-33-60(37-16-4-3-5-17-37)55-36-46-44-23-14-28-54(56(44)43-22-7-6-18-39(43)45-24-15-32-59-57(45)48(46)35-49(55)58)62-52-27-13-10-21-42(52)47-34-38(29-30-53(47)62)61-50-25-11-8-19-40(50)41-20-9-12-26-51(41)61/h3-29,31,33-36H,30,32H2,1-2H3;3-30,32,34-36H,31,33H2,1-2H3. The van der Waals surface area contributed by atoms with Crippen LogP contribution in [0.25, 0.3) is 199 Å². The SMILES string of the molecule is CC1(C)CCN(c2ccccc2)c2cc3c(cc21)-c1ncccc1-c1cc(-n2c4ccccc4c4ccccc42)ccc1-c1ccc(-n2c4ccccc4c4ccccc42)cc1-3.CC1(C)CCN(c2ccccc2)c2cc3c(cc21)-c1ncccc1-c1ccccc1-c1c-3cccc1-n1c2ccccc2c2cc(-n3c4ccccc4c4ccccc43)ccc21. The Morgan fingerprint density at radius 2 is 0.532 bits per heavy atom. The van der Waals surface area contributed by atoms with Crippen molar-refractivity contribution >= 4 is 110 Å². The topological polar surface area (TPSA) is 52.0 Å². The van der Waals surface area contributed by atoms with Gasteiger partial charge in [0.05, 0.1) is 61.2 Å². The minimum atomic E-state index is -0.0395. The van der Waals surface area contributed by atoms with Gasteiger partial charge in [0.2, 0.25) is 0 Å². The highest BCUT2D eigenvalue weighted by Crippen LogP contribution is 2.57. The average molecular weight is 1590 g/mol. The Morgan fingerprint density at radius 3 is 0.984 bits per heavy atom. The van der Waals surface area contributed by atoms with E-state index in [2.05, 4.69) is 432 Å². The molecular formula is C116H84N8. The highest BCUT2D eigenvalue weighted by molar-refractivity contribution is 6.16. The lowest BCUT2D eigenvalue weighted by Gasteiger charge is -2.41. The van der Waals surface area contributed by atoms with E-state index >= 15 is 0 Å². The summed E-state index contributed by atoms with van der Waals surface area (Å²) in [6.07, 6.45) is 6.02. The highest BCUT2D eigenvalue weighted by Gasteiger charge is 2.39. The van der Waals surface area contributed by atoms with Gasteiger partial charge in [-0.15, -0.1) is 0 Å². The molecule has 4 aliphatic rings. The molecule has 8 heteroatoms. The first-order valence-electron chi connectivity index (χ1n) is 43.5. The molecule has 0 N–H and O–H groups in total. The number of fused-ring (bicyclic) bond motifs is 30. The second-order valence-electron chi connectivity index (χ2n) is 35.2. The molecule has 8 nitrogen and oxygen atoms in total. The predicted octanol–water partition coefficient (Wildman–Crippen LogP) is 30.2. The molecule has 0 spiro atoms. The monoisotopic (exact) mass is 1590 g/mol. The molecular weight excluding hydrogens is 1510 g/mol. The zero-order valence-electron chi connectivity index (χ0n) is 69.4. The van der Waals surface area contributed by atoms with Gasteiger partial charge in [-0.1, -0.05) is 252 Å². The second kappa shape index (κ2) is 27.6. The molecule has 588 valence electrons. The molecule has 124 heavy (non-hydrogen) atoms. The van der Waals surface area contributed by atoms with Crippen molar-refractivity contribution in [1.29, 1.82) is 0 Å². The maximum absolute atomic E-state index is 5.33. The summed E-state index contributed by atoms with van der Waals surface area (Å²) in [4.78, 5) is 15.6. The van der Waals surface area contributed by atoms with E-state index in [0.29, 0.717) is 0 Å². The van der Waals surface area contributed by atoms with Crippen LogP contribution in [0.5, 0.6) is 0 Å². The van der Waals surface area contributed by atoms with E-state index in [9.17, 15) is 0 Å². The largest absolute Gasteiger partial charge is 0.341 e. The number of benzene rings is 16. The number of hydrogen-bond acceptors (Lipinski definition) is 4. The maximum atomic E-state index is 5.33. The highest BCUT2D eigenvalue weighted by atomic mass is 15.2. The van der Waals surface area contributed by atoms with Crippen molar-refractivity contribution < 1.29 is 0 Å². The molecule has 8 heterocycles. The number of hydrogen-bond donors (Lipinski definition) is 0. The van der Waals surface area contributed by atoms with Gasteiger partial charge in [-0.05, 0) is 237 Å². The van der Waals surface area contributed by atoms with Crippen LogP contribution in [0.15, 0.2) is 389 Å². The van der Waals surface area contributed by atoms with Crippen molar-refractivity contribution in [3.63, 3.8) is 0 Å². The average Bonchev–Trinajstić information content (AvgIpc) is 1.18. The van der Waals surface area contributed by atoms with Crippen LogP contribution in [0.3, 0.4) is 0 Å². The van der Waals surface area contributed by atoms with Gasteiger partial charge in [0.1, 0.15) is 0 Å². The lowest BCUT2D eigenvalue weighted by Crippen LogP contribution is -2.34. The molecule has 26 rings (SSSR count). The fourth-order valence-electron chi connectivity index (χ4n) is 21.7. The number of pyridine rings is 2. The maximum Gasteiger partial charge on any atom is 0.0786 e. The molecule has 0 unspecified atom stereocenters. The minimum absolute atomic E-state index is 0.0173. The van der Waals surface area contributed by atoms with Crippen LogP contribution >= 0.6 is 0 Å². The molecule has 0 amide bonds. The van der Waals surface area contributed by atoms with Crippen molar-refractivity contribution in [3.8, 4) is 112 Å². The number of aromatic nitrogens is 6. The lowest BCUT2D eigenvalue weighted by molar-refractivity contribution is 0.467. The predicted molar refractivity (Wildman–Crippen MR) is 519 cm³/mol. The summed E-state index contributed by atoms with van der Waals surface area (Å²) in [6, 6.07) is 139. The summed E-state index contributed by atoms with van der Waals surface area (Å²) < 4.78 is 9.81. The van der Waals surface area contributed by atoms with Crippen LogP contribution in [0.1, 0.15) is 51.7 Å². The van der Waals surface area contributed by atoms with Gasteiger partial charge in [-0.2, -0.15) is 0 Å².